The fraction of sp³-hybridized carbons (Fsp3) is 0.333. The molecule has 0 unspecified atom stereocenters. The van der Waals surface area contributed by atoms with Crippen molar-refractivity contribution in [2.24, 2.45) is 0 Å². The van der Waals surface area contributed by atoms with E-state index in [2.05, 4.69) is 26.0 Å². The summed E-state index contributed by atoms with van der Waals surface area (Å²) in [5.41, 5.74) is 1.34. The van der Waals surface area contributed by atoms with E-state index in [1.165, 1.54) is 5.56 Å². The topological polar surface area (TPSA) is 0 Å². The van der Waals surface area contributed by atoms with Crippen molar-refractivity contribution >= 4 is 11.6 Å². The summed E-state index contributed by atoms with van der Waals surface area (Å²) in [6.07, 6.45) is 0. The van der Waals surface area contributed by atoms with E-state index in [1.54, 1.807) is 0 Å². The first kappa shape index (κ1) is 11.1. The molecule has 0 bridgehead atoms. The zero-order chi connectivity index (χ0) is 7.56. The van der Waals surface area contributed by atoms with E-state index in [0.717, 1.165) is 5.02 Å². The predicted molar refractivity (Wildman–Crippen MR) is 45.5 cm³/mol. The van der Waals surface area contributed by atoms with Crippen LogP contribution in [0.3, 0.4) is 0 Å². The van der Waals surface area contributed by atoms with Crippen molar-refractivity contribution in [2.75, 3.05) is 0 Å². The first-order valence-electron chi connectivity index (χ1n) is 3.45. The molecule has 0 saturated carbocycles. The fourth-order valence-electron chi connectivity index (χ4n) is 0.848. The van der Waals surface area contributed by atoms with Crippen molar-refractivity contribution in [3.05, 3.63) is 34.9 Å². The largest absolute Gasteiger partial charge is 2.00 e. The molecule has 0 amide bonds. The molecule has 0 aliphatic rings. The van der Waals surface area contributed by atoms with Gasteiger partial charge in [0.1, 0.15) is 0 Å². The van der Waals surface area contributed by atoms with E-state index in [1.807, 2.05) is 12.1 Å². The van der Waals surface area contributed by atoms with Crippen molar-refractivity contribution in [3.8, 4) is 0 Å². The second-order valence-corrected chi connectivity index (χ2v) is 3.14. The molecule has 1 rings (SSSR count). The molecule has 0 saturated heterocycles. The Balaban J connectivity index is 0.000001000. The second-order valence-electron chi connectivity index (χ2n) is 2.71. The van der Waals surface area contributed by atoms with E-state index in [4.69, 9.17) is 11.6 Å². The van der Waals surface area contributed by atoms with Crippen molar-refractivity contribution in [1.29, 1.82) is 0 Å². The maximum Gasteiger partial charge on any atom is 2.00 e. The molecular formula is C9H11ClRu+2. The Hall–Kier alpha value is 0.133. The number of hydrogen-bond acceptors (Lipinski definition) is 0. The first-order valence-corrected chi connectivity index (χ1v) is 3.83. The van der Waals surface area contributed by atoms with Crippen LogP contribution in [-0.4, -0.2) is 0 Å². The molecule has 0 atom stereocenters. The van der Waals surface area contributed by atoms with Gasteiger partial charge in [-0.1, -0.05) is 37.6 Å². The minimum Gasteiger partial charge on any atom is -0.0843 e. The van der Waals surface area contributed by atoms with Crippen LogP contribution in [0.4, 0.5) is 0 Å². The van der Waals surface area contributed by atoms with Crippen molar-refractivity contribution in [2.45, 2.75) is 19.8 Å². The molecule has 0 heterocycles. The van der Waals surface area contributed by atoms with Gasteiger partial charge < -0.3 is 0 Å². The van der Waals surface area contributed by atoms with Crippen molar-refractivity contribution in [1.82, 2.24) is 0 Å². The van der Waals surface area contributed by atoms with Crippen LogP contribution < -0.4 is 0 Å². The van der Waals surface area contributed by atoms with Gasteiger partial charge in [-0.15, -0.1) is 0 Å². The van der Waals surface area contributed by atoms with Gasteiger partial charge in [-0.3, -0.25) is 0 Å². The number of benzene rings is 1. The summed E-state index contributed by atoms with van der Waals surface area (Å²) >= 11 is 5.72. The number of hydrogen-bond donors (Lipinski definition) is 0. The number of halogens is 1. The third-order valence-electron chi connectivity index (χ3n) is 1.54. The summed E-state index contributed by atoms with van der Waals surface area (Å²) in [6, 6.07) is 7.98. The normalized spacial score (nSPS) is 9.45. The van der Waals surface area contributed by atoms with E-state index < -0.39 is 0 Å². The Kier molecular flexibility index (Phi) is 4.96. The summed E-state index contributed by atoms with van der Waals surface area (Å²) in [5.74, 6) is 0.595. The summed E-state index contributed by atoms with van der Waals surface area (Å²) in [6.45, 7) is 4.34. The Morgan fingerprint density at radius 1 is 1.09 bits per heavy atom. The Morgan fingerprint density at radius 2 is 1.55 bits per heavy atom. The van der Waals surface area contributed by atoms with Crippen molar-refractivity contribution in [3.63, 3.8) is 0 Å². The van der Waals surface area contributed by atoms with Crippen LogP contribution in [0, 0.1) is 0 Å². The third kappa shape index (κ3) is 3.36. The van der Waals surface area contributed by atoms with Crippen LogP contribution in [0.1, 0.15) is 25.3 Å². The molecule has 0 nitrogen and oxygen atoms in total. The van der Waals surface area contributed by atoms with Crippen LogP contribution in [0.25, 0.3) is 0 Å². The smallest absolute Gasteiger partial charge is 0.0843 e. The Bertz CT molecular complexity index is 203. The minimum absolute atomic E-state index is 0. The van der Waals surface area contributed by atoms with Gasteiger partial charge in [0, 0.05) is 5.02 Å². The zero-order valence-electron chi connectivity index (χ0n) is 6.62. The molecule has 1 aromatic carbocycles. The Labute approximate surface area is 85.7 Å². The van der Waals surface area contributed by atoms with Gasteiger partial charge in [0.25, 0.3) is 0 Å². The van der Waals surface area contributed by atoms with Gasteiger partial charge in [0.15, 0.2) is 0 Å². The molecule has 0 aliphatic carbocycles. The first-order chi connectivity index (χ1) is 4.70. The molecule has 2 heteroatoms. The standard InChI is InChI=1S/C9H11Cl.Ru/c1-7(2)8-3-5-9(10)6-4-8;/h3-7H,1-2H3;/q;+2. The van der Waals surface area contributed by atoms with Gasteiger partial charge in [0.05, 0.1) is 0 Å². The molecule has 0 aliphatic heterocycles. The SMILES string of the molecule is CC(C)c1ccc(Cl)cc1.[Ru+2]. The second kappa shape index (κ2) is 4.90. The minimum atomic E-state index is 0. The van der Waals surface area contributed by atoms with E-state index in [0.29, 0.717) is 5.92 Å². The third-order valence-corrected chi connectivity index (χ3v) is 1.79. The molecule has 0 aromatic heterocycles. The molecule has 0 fully saturated rings. The monoisotopic (exact) mass is 256 g/mol. The quantitative estimate of drug-likeness (QED) is 0.674. The predicted octanol–water partition coefficient (Wildman–Crippen LogP) is 3.46. The van der Waals surface area contributed by atoms with Gasteiger partial charge in [0.2, 0.25) is 0 Å². The van der Waals surface area contributed by atoms with Gasteiger partial charge in [-0.05, 0) is 23.6 Å². The summed E-state index contributed by atoms with van der Waals surface area (Å²) in [7, 11) is 0. The van der Waals surface area contributed by atoms with E-state index in [9.17, 15) is 0 Å². The average Bonchev–Trinajstić information content (AvgIpc) is 1.88. The van der Waals surface area contributed by atoms with E-state index in [-0.39, 0.29) is 19.5 Å². The molecule has 60 valence electrons. The fourth-order valence-corrected chi connectivity index (χ4v) is 0.974. The average molecular weight is 256 g/mol. The Morgan fingerprint density at radius 3 is 1.91 bits per heavy atom. The molecule has 0 radical (unpaired) electrons. The summed E-state index contributed by atoms with van der Waals surface area (Å²) in [4.78, 5) is 0. The van der Waals surface area contributed by atoms with Crippen LogP contribution >= 0.6 is 11.6 Å². The summed E-state index contributed by atoms with van der Waals surface area (Å²) in [5, 5.41) is 0.810. The van der Waals surface area contributed by atoms with Gasteiger partial charge in [-0.25, -0.2) is 0 Å². The summed E-state index contributed by atoms with van der Waals surface area (Å²) < 4.78 is 0. The molecular weight excluding hydrogens is 245 g/mol. The molecule has 1 aromatic rings. The van der Waals surface area contributed by atoms with Crippen LogP contribution in [-0.2, 0) is 19.5 Å². The maximum atomic E-state index is 5.72. The molecule has 0 N–H and O–H groups in total. The molecule has 0 spiro atoms. The van der Waals surface area contributed by atoms with E-state index >= 15 is 0 Å². The maximum absolute atomic E-state index is 5.72. The van der Waals surface area contributed by atoms with Gasteiger partial charge in [-0.2, -0.15) is 0 Å². The number of rotatable bonds is 1. The zero-order valence-corrected chi connectivity index (χ0v) is 9.11. The van der Waals surface area contributed by atoms with Crippen LogP contribution in [0.15, 0.2) is 24.3 Å². The molecule has 11 heavy (non-hydrogen) atoms. The van der Waals surface area contributed by atoms with Crippen LogP contribution in [0.5, 0.6) is 0 Å². The van der Waals surface area contributed by atoms with Crippen LogP contribution in [0.2, 0.25) is 5.02 Å². The van der Waals surface area contributed by atoms with Crippen molar-refractivity contribution < 1.29 is 19.5 Å². The van der Waals surface area contributed by atoms with Gasteiger partial charge >= 0.3 is 19.5 Å².